The van der Waals surface area contributed by atoms with Crippen molar-refractivity contribution in [3.05, 3.63) is 48.0 Å². The summed E-state index contributed by atoms with van der Waals surface area (Å²) in [6, 6.07) is 12.1. The van der Waals surface area contributed by atoms with E-state index in [0.717, 1.165) is 5.56 Å². The summed E-state index contributed by atoms with van der Waals surface area (Å²) < 4.78 is 38.0. The molecule has 0 atom stereocenters. The topological polar surface area (TPSA) is 55.8 Å². The number of hydrogen-bond acceptors (Lipinski definition) is 4. The van der Waals surface area contributed by atoms with Crippen LogP contribution in [0.5, 0.6) is 11.5 Å². The van der Waals surface area contributed by atoms with Gasteiger partial charge in [0.2, 0.25) is 0 Å². The Hall–Kier alpha value is -2.21. The summed E-state index contributed by atoms with van der Waals surface area (Å²) in [5.74, 6) is 0.837. The molecular formula is C17H21NO4S. The zero-order chi connectivity index (χ0) is 17.0. The molecule has 0 aliphatic heterocycles. The van der Waals surface area contributed by atoms with Crippen LogP contribution in [0, 0.1) is 6.92 Å². The zero-order valence-corrected chi connectivity index (χ0v) is 14.6. The van der Waals surface area contributed by atoms with Gasteiger partial charge in [-0.05, 0) is 43.7 Å². The van der Waals surface area contributed by atoms with Gasteiger partial charge in [0.1, 0.15) is 16.4 Å². The molecule has 0 spiro atoms. The van der Waals surface area contributed by atoms with Gasteiger partial charge in [0.25, 0.3) is 10.0 Å². The van der Waals surface area contributed by atoms with Crippen molar-refractivity contribution in [2.45, 2.75) is 18.7 Å². The van der Waals surface area contributed by atoms with Gasteiger partial charge in [-0.2, -0.15) is 0 Å². The van der Waals surface area contributed by atoms with E-state index in [2.05, 4.69) is 0 Å². The highest BCUT2D eigenvalue weighted by molar-refractivity contribution is 7.93. The van der Waals surface area contributed by atoms with E-state index in [1.807, 2.05) is 26.0 Å². The second-order valence-corrected chi connectivity index (χ2v) is 6.97. The first-order valence-corrected chi connectivity index (χ1v) is 8.71. The monoisotopic (exact) mass is 335 g/mol. The molecule has 2 aromatic carbocycles. The number of methoxy groups -OCH3 is 1. The van der Waals surface area contributed by atoms with Crippen LogP contribution in [-0.2, 0) is 10.0 Å². The van der Waals surface area contributed by atoms with E-state index < -0.39 is 10.0 Å². The summed E-state index contributed by atoms with van der Waals surface area (Å²) in [4.78, 5) is 0.133. The first kappa shape index (κ1) is 17.1. The summed E-state index contributed by atoms with van der Waals surface area (Å²) in [7, 11) is -0.805. The van der Waals surface area contributed by atoms with E-state index in [0.29, 0.717) is 23.8 Å². The molecule has 2 aromatic rings. The predicted molar refractivity (Wildman–Crippen MR) is 90.9 cm³/mol. The van der Waals surface area contributed by atoms with Gasteiger partial charge in [-0.1, -0.05) is 18.2 Å². The van der Waals surface area contributed by atoms with Crippen molar-refractivity contribution in [2.24, 2.45) is 0 Å². The average Bonchev–Trinajstić information content (AvgIpc) is 2.55. The molecule has 0 heterocycles. The molecular weight excluding hydrogens is 314 g/mol. The Balaban J connectivity index is 2.54. The third kappa shape index (κ3) is 3.42. The maximum atomic E-state index is 13.0. The second-order valence-electron chi connectivity index (χ2n) is 5.03. The van der Waals surface area contributed by atoms with E-state index in [4.69, 9.17) is 9.47 Å². The fraction of sp³-hybridized carbons (Fsp3) is 0.294. The van der Waals surface area contributed by atoms with Crippen molar-refractivity contribution >= 4 is 15.7 Å². The molecule has 6 heteroatoms. The predicted octanol–water partition coefficient (Wildman–Crippen LogP) is 3.23. The van der Waals surface area contributed by atoms with Crippen LogP contribution in [0.4, 0.5) is 5.69 Å². The van der Waals surface area contributed by atoms with Crippen molar-refractivity contribution in [3.63, 3.8) is 0 Å². The molecule has 0 aromatic heterocycles. The number of anilines is 1. The lowest BCUT2D eigenvalue weighted by molar-refractivity contribution is 0.341. The molecule has 124 valence electrons. The quantitative estimate of drug-likeness (QED) is 0.813. The standard InChI is InChI=1S/C17H21NO4S/c1-5-22-15-9-7-6-8-14(15)18(3)23(19,20)17-12-13(2)10-11-16(17)21-4/h6-12H,5H2,1-4H3. The van der Waals surface area contributed by atoms with Crippen LogP contribution in [0.2, 0.25) is 0 Å². The van der Waals surface area contributed by atoms with Crippen LogP contribution >= 0.6 is 0 Å². The second kappa shape index (κ2) is 6.91. The first-order valence-electron chi connectivity index (χ1n) is 7.27. The normalized spacial score (nSPS) is 11.1. The van der Waals surface area contributed by atoms with E-state index in [9.17, 15) is 8.42 Å². The molecule has 0 N–H and O–H groups in total. The highest BCUT2D eigenvalue weighted by Gasteiger charge is 2.27. The number of aryl methyl sites for hydroxylation is 1. The van der Waals surface area contributed by atoms with Gasteiger partial charge in [-0.25, -0.2) is 8.42 Å². The van der Waals surface area contributed by atoms with Crippen LogP contribution in [0.15, 0.2) is 47.4 Å². The van der Waals surface area contributed by atoms with Crippen LogP contribution in [0.3, 0.4) is 0 Å². The highest BCUT2D eigenvalue weighted by atomic mass is 32.2. The molecule has 5 nitrogen and oxygen atoms in total. The molecule has 0 radical (unpaired) electrons. The minimum atomic E-state index is -3.77. The molecule has 0 bridgehead atoms. The van der Waals surface area contributed by atoms with Gasteiger partial charge < -0.3 is 9.47 Å². The minimum Gasteiger partial charge on any atom is -0.495 e. The first-order chi connectivity index (χ1) is 10.9. The summed E-state index contributed by atoms with van der Waals surface area (Å²) in [6.07, 6.45) is 0. The molecule has 0 unspecified atom stereocenters. The number of nitrogens with zero attached hydrogens (tertiary/aromatic N) is 1. The number of benzene rings is 2. The minimum absolute atomic E-state index is 0.133. The van der Waals surface area contributed by atoms with Gasteiger partial charge in [0.05, 0.1) is 19.4 Å². The van der Waals surface area contributed by atoms with Crippen molar-refractivity contribution in [1.82, 2.24) is 0 Å². The molecule has 23 heavy (non-hydrogen) atoms. The third-order valence-electron chi connectivity index (χ3n) is 3.46. The third-order valence-corrected chi connectivity index (χ3v) is 5.25. The van der Waals surface area contributed by atoms with Crippen LogP contribution in [-0.4, -0.2) is 29.2 Å². The molecule has 0 saturated heterocycles. The van der Waals surface area contributed by atoms with Gasteiger partial charge in [-0.3, -0.25) is 4.31 Å². The van der Waals surface area contributed by atoms with Crippen molar-refractivity contribution in [2.75, 3.05) is 25.1 Å². The number of ether oxygens (including phenoxy) is 2. The summed E-state index contributed by atoms with van der Waals surface area (Å²) in [6.45, 7) is 4.15. The van der Waals surface area contributed by atoms with E-state index in [-0.39, 0.29) is 4.90 Å². The summed E-state index contributed by atoms with van der Waals surface area (Å²) in [5.41, 5.74) is 1.33. The SMILES string of the molecule is CCOc1ccccc1N(C)S(=O)(=O)c1cc(C)ccc1OC. The van der Waals surface area contributed by atoms with Crippen LogP contribution in [0.25, 0.3) is 0 Å². The smallest absolute Gasteiger partial charge is 0.267 e. The molecule has 0 aliphatic rings. The number of hydrogen-bond donors (Lipinski definition) is 0. The van der Waals surface area contributed by atoms with Gasteiger partial charge >= 0.3 is 0 Å². The van der Waals surface area contributed by atoms with Gasteiger partial charge in [0, 0.05) is 7.05 Å². The molecule has 0 fully saturated rings. The zero-order valence-electron chi connectivity index (χ0n) is 13.7. The Labute approximate surface area is 137 Å². The van der Waals surface area contributed by atoms with Crippen LogP contribution in [0.1, 0.15) is 12.5 Å². The summed E-state index contributed by atoms with van der Waals surface area (Å²) >= 11 is 0. The molecule has 0 saturated carbocycles. The lowest BCUT2D eigenvalue weighted by atomic mass is 10.2. The van der Waals surface area contributed by atoms with Crippen molar-refractivity contribution in [1.29, 1.82) is 0 Å². The fourth-order valence-electron chi connectivity index (χ4n) is 2.26. The Morgan fingerprint density at radius 2 is 1.78 bits per heavy atom. The number of para-hydroxylation sites is 2. The van der Waals surface area contributed by atoms with Gasteiger partial charge in [0.15, 0.2) is 0 Å². The Kier molecular flexibility index (Phi) is 5.15. The van der Waals surface area contributed by atoms with Crippen LogP contribution < -0.4 is 13.8 Å². The van der Waals surface area contributed by atoms with E-state index >= 15 is 0 Å². The number of sulfonamides is 1. The lowest BCUT2D eigenvalue weighted by Gasteiger charge is -2.23. The molecule has 0 aliphatic carbocycles. The van der Waals surface area contributed by atoms with E-state index in [1.54, 1.807) is 30.3 Å². The highest BCUT2D eigenvalue weighted by Crippen LogP contribution is 2.34. The Morgan fingerprint density at radius 3 is 2.43 bits per heavy atom. The molecule has 0 amide bonds. The Morgan fingerprint density at radius 1 is 1.09 bits per heavy atom. The average molecular weight is 335 g/mol. The largest absolute Gasteiger partial charge is 0.495 e. The summed E-state index contributed by atoms with van der Waals surface area (Å²) in [5, 5.41) is 0. The molecule has 2 rings (SSSR count). The number of rotatable bonds is 6. The van der Waals surface area contributed by atoms with E-state index in [1.165, 1.54) is 18.5 Å². The maximum absolute atomic E-state index is 13.0. The lowest BCUT2D eigenvalue weighted by Crippen LogP contribution is -2.27. The maximum Gasteiger partial charge on any atom is 0.267 e. The van der Waals surface area contributed by atoms with Crippen molar-refractivity contribution < 1.29 is 17.9 Å². The van der Waals surface area contributed by atoms with Gasteiger partial charge in [-0.15, -0.1) is 0 Å². The van der Waals surface area contributed by atoms with Crippen molar-refractivity contribution in [3.8, 4) is 11.5 Å². The fourth-order valence-corrected chi connectivity index (χ4v) is 3.70. The Bertz CT molecular complexity index is 787.